The highest BCUT2D eigenvalue weighted by Gasteiger charge is 2.59. The van der Waals surface area contributed by atoms with Crippen molar-refractivity contribution in [2.45, 2.75) is 83.6 Å². The highest BCUT2D eigenvalue weighted by atomic mass is 32.2. The van der Waals surface area contributed by atoms with E-state index in [1.54, 1.807) is 0 Å². The molecule has 3 aliphatic rings. The van der Waals surface area contributed by atoms with Crippen molar-refractivity contribution < 1.29 is 0 Å². The first-order valence-electron chi connectivity index (χ1n) is 8.33. The van der Waals surface area contributed by atoms with Gasteiger partial charge in [0.05, 0.1) is 0 Å². The third-order valence-electron chi connectivity index (χ3n) is 6.46. The first-order chi connectivity index (χ1) is 8.95. The molecule has 0 spiro atoms. The van der Waals surface area contributed by atoms with Gasteiger partial charge in [0.2, 0.25) is 0 Å². The largest absolute Gasteiger partial charge is 0.310 e. The van der Waals surface area contributed by atoms with Crippen molar-refractivity contribution in [3.8, 4) is 0 Å². The van der Waals surface area contributed by atoms with Crippen molar-refractivity contribution in [1.29, 1.82) is 0 Å². The molecular weight excluding hydrogens is 250 g/mol. The minimum Gasteiger partial charge on any atom is -0.310 e. The number of hydrogen-bond acceptors (Lipinski definition) is 2. The summed E-state index contributed by atoms with van der Waals surface area (Å²) in [5, 5.41) is 5.04. The number of thioether (sulfide) groups is 1. The van der Waals surface area contributed by atoms with E-state index in [-0.39, 0.29) is 0 Å². The van der Waals surface area contributed by atoms with Crippen molar-refractivity contribution >= 4 is 11.8 Å². The topological polar surface area (TPSA) is 12.0 Å². The minimum absolute atomic E-state index is 0.517. The van der Waals surface area contributed by atoms with Crippen LogP contribution >= 0.6 is 11.8 Å². The maximum absolute atomic E-state index is 4.12. The smallest absolute Gasteiger partial charge is 0.0177 e. The van der Waals surface area contributed by atoms with Crippen LogP contribution in [0, 0.1) is 16.7 Å². The maximum atomic E-state index is 4.12. The fraction of sp³-hybridized carbons (Fsp3) is 1.00. The van der Waals surface area contributed by atoms with Gasteiger partial charge in [-0.25, -0.2) is 0 Å². The fourth-order valence-electron chi connectivity index (χ4n) is 5.43. The summed E-state index contributed by atoms with van der Waals surface area (Å²) < 4.78 is 0. The molecule has 3 rings (SSSR count). The molecule has 3 fully saturated rings. The minimum atomic E-state index is 0.517. The Morgan fingerprint density at radius 2 is 1.95 bits per heavy atom. The molecular formula is C17H31NS. The molecule has 5 atom stereocenters. The third kappa shape index (κ3) is 2.37. The van der Waals surface area contributed by atoms with Crippen molar-refractivity contribution in [3.05, 3.63) is 0 Å². The molecule has 3 saturated carbocycles. The molecule has 19 heavy (non-hydrogen) atoms. The Morgan fingerprint density at radius 3 is 2.58 bits per heavy atom. The van der Waals surface area contributed by atoms with Gasteiger partial charge in [-0.15, -0.1) is 0 Å². The molecule has 1 nitrogen and oxygen atoms in total. The van der Waals surface area contributed by atoms with Crippen molar-refractivity contribution in [2.24, 2.45) is 16.7 Å². The second kappa shape index (κ2) is 4.94. The van der Waals surface area contributed by atoms with E-state index in [1.807, 2.05) is 0 Å². The average molecular weight is 282 g/mol. The van der Waals surface area contributed by atoms with Crippen LogP contribution in [0.25, 0.3) is 0 Å². The second-order valence-electron chi connectivity index (χ2n) is 8.10. The molecule has 0 radical (unpaired) electrons. The molecule has 2 heteroatoms. The Balaban J connectivity index is 1.64. The lowest BCUT2D eigenvalue weighted by Gasteiger charge is -2.44. The third-order valence-corrected chi connectivity index (χ3v) is 7.69. The van der Waals surface area contributed by atoms with Crippen LogP contribution in [0.3, 0.4) is 0 Å². The van der Waals surface area contributed by atoms with E-state index >= 15 is 0 Å². The molecule has 0 aromatic rings. The van der Waals surface area contributed by atoms with Crippen LogP contribution in [0.5, 0.6) is 0 Å². The maximum Gasteiger partial charge on any atom is 0.0177 e. The molecule has 5 unspecified atom stereocenters. The fourth-order valence-corrected chi connectivity index (χ4v) is 6.57. The van der Waals surface area contributed by atoms with Crippen molar-refractivity contribution in [2.75, 3.05) is 5.75 Å². The van der Waals surface area contributed by atoms with E-state index in [1.165, 1.54) is 44.3 Å². The van der Waals surface area contributed by atoms with E-state index in [4.69, 9.17) is 0 Å². The molecule has 2 bridgehead atoms. The van der Waals surface area contributed by atoms with Gasteiger partial charge in [-0.05, 0) is 61.0 Å². The standard InChI is InChI=1S/C17H31NS/c1-5-19-14-7-6-13(10-14)18-15-16(2,3)12-8-9-17(15,4)11-12/h12-15,18H,5-11H2,1-4H3. The van der Waals surface area contributed by atoms with Gasteiger partial charge in [0.1, 0.15) is 0 Å². The lowest BCUT2D eigenvalue weighted by Crippen LogP contribution is -2.53. The predicted octanol–water partition coefficient (Wildman–Crippen LogP) is 4.47. The lowest BCUT2D eigenvalue weighted by atomic mass is 9.68. The summed E-state index contributed by atoms with van der Waals surface area (Å²) in [5.41, 5.74) is 1.10. The molecule has 0 saturated heterocycles. The average Bonchev–Trinajstić information content (AvgIpc) is 2.97. The Hall–Kier alpha value is 0.310. The molecule has 0 aromatic carbocycles. The highest BCUT2D eigenvalue weighted by Crippen LogP contribution is 2.62. The first-order valence-corrected chi connectivity index (χ1v) is 9.38. The molecule has 0 aromatic heterocycles. The number of hydrogen-bond donors (Lipinski definition) is 1. The van der Waals surface area contributed by atoms with Crippen LogP contribution in [-0.4, -0.2) is 23.1 Å². The van der Waals surface area contributed by atoms with Gasteiger partial charge >= 0.3 is 0 Å². The van der Waals surface area contributed by atoms with E-state index < -0.39 is 0 Å². The molecule has 0 aliphatic heterocycles. The van der Waals surface area contributed by atoms with Gasteiger partial charge < -0.3 is 5.32 Å². The summed E-state index contributed by atoms with van der Waals surface area (Å²) in [6, 6.07) is 1.55. The second-order valence-corrected chi connectivity index (χ2v) is 9.68. The summed E-state index contributed by atoms with van der Waals surface area (Å²) in [4.78, 5) is 0. The number of rotatable bonds is 4. The van der Waals surface area contributed by atoms with Crippen LogP contribution in [0.4, 0.5) is 0 Å². The highest BCUT2D eigenvalue weighted by molar-refractivity contribution is 7.99. The van der Waals surface area contributed by atoms with Crippen LogP contribution in [-0.2, 0) is 0 Å². The Labute approximate surface area is 123 Å². The van der Waals surface area contributed by atoms with Gasteiger partial charge in [-0.2, -0.15) is 11.8 Å². The van der Waals surface area contributed by atoms with Crippen molar-refractivity contribution in [1.82, 2.24) is 5.32 Å². The van der Waals surface area contributed by atoms with Crippen LogP contribution < -0.4 is 5.32 Å². The van der Waals surface area contributed by atoms with Gasteiger partial charge in [-0.1, -0.05) is 27.7 Å². The van der Waals surface area contributed by atoms with Crippen LogP contribution in [0.2, 0.25) is 0 Å². The molecule has 3 aliphatic carbocycles. The summed E-state index contributed by atoms with van der Waals surface area (Å²) in [7, 11) is 0. The normalized spacial score (nSPS) is 48.0. The Bertz CT molecular complexity index is 335. The van der Waals surface area contributed by atoms with Gasteiger partial charge in [0.25, 0.3) is 0 Å². The lowest BCUT2D eigenvalue weighted by molar-refractivity contribution is 0.0989. The Kier molecular flexibility index (Phi) is 3.71. The van der Waals surface area contributed by atoms with E-state index in [9.17, 15) is 0 Å². The number of fused-ring (bicyclic) bond motifs is 2. The van der Waals surface area contributed by atoms with Crippen molar-refractivity contribution in [3.63, 3.8) is 0 Å². The summed E-state index contributed by atoms with van der Waals surface area (Å²) in [6.45, 7) is 9.89. The molecule has 0 amide bonds. The molecule has 110 valence electrons. The molecule has 0 heterocycles. The van der Waals surface area contributed by atoms with Gasteiger partial charge in [0, 0.05) is 17.3 Å². The van der Waals surface area contributed by atoms with Gasteiger partial charge in [-0.3, -0.25) is 0 Å². The monoisotopic (exact) mass is 281 g/mol. The van der Waals surface area contributed by atoms with Gasteiger partial charge in [0.15, 0.2) is 0 Å². The summed E-state index contributed by atoms with van der Waals surface area (Å²) in [6.07, 6.45) is 8.65. The summed E-state index contributed by atoms with van der Waals surface area (Å²) >= 11 is 2.17. The quantitative estimate of drug-likeness (QED) is 0.816. The van der Waals surface area contributed by atoms with E-state index in [0.717, 1.165) is 23.3 Å². The van der Waals surface area contributed by atoms with Crippen LogP contribution in [0.15, 0.2) is 0 Å². The zero-order valence-corrected chi connectivity index (χ0v) is 14.0. The van der Waals surface area contributed by atoms with E-state index in [2.05, 4.69) is 44.8 Å². The predicted molar refractivity (Wildman–Crippen MR) is 85.7 cm³/mol. The first kappa shape index (κ1) is 14.3. The Morgan fingerprint density at radius 1 is 1.16 bits per heavy atom. The zero-order chi connectivity index (χ0) is 13.7. The summed E-state index contributed by atoms with van der Waals surface area (Å²) in [5.74, 6) is 2.25. The van der Waals surface area contributed by atoms with Crippen LogP contribution in [0.1, 0.15) is 66.2 Å². The van der Waals surface area contributed by atoms with E-state index in [0.29, 0.717) is 10.8 Å². The molecule has 1 N–H and O–H groups in total. The zero-order valence-electron chi connectivity index (χ0n) is 13.2. The number of nitrogens with one attached hydrogen (secondary N) is 1. The SMILES string of the molecule is CCSC1CCC(NC2C3(C)CCC(C3)C2(C)C)C1.